The van der Waals surface area contributed by atoms with Gasteiger partial charge in [-0.3, -0.25) is 4.68 Å². The predicted octanol–water partition coefficient (Wildman–Crippen LogP) is 1.59. The van der Waals surface area contributed by atoms with Crippen LogP contribution in [-0.2, 0) is 6.54 Å². The van der Waals surface area contributed by atoms with Gasteiger partial charge in [0.2, 0.25) is 0 Å². The third-order valence-corrected chi connectivity index (χ3v) is 2.91. The number of nitrogens with zero attached hydrogens (tertiary/aromatic N) is 3. The number of rotatable bonds is 6. The Morgan fingerprint density at radius 1 is 1.47 bits per heavy atom. The van der Waals surface area contributed by atoms with Gasteiger partial charge in [0.1, 0.15) is 5.82 Å². The molecule has 1 heterocycles. The lowest BCUT2D eigenvalue weighted by atomic mass is 10.1. The third-order valence-electron chi connectivity index (χ3n) is 2.91. The van der Waals surface area contributed by atoms with Crippen LogP contribution >= 0.6 is 0 Å². The molecular weight excluding hydrogens is 188 g/mol. The predicted molar refractivity (Wildman–Crippen MR) is 63.6 cm³/mol. The monoisotopic (exact) mass is 210 g/mol. The van der Waals surface area contributed by atoms with E-state index in [1.54, 1.807) is 0 Å². The van der Waals surface area contributed by atoms with Crippen molar-refractivity contribution < 1.29 is 0 Å². The largest absolute Gasteiger partial charge is 0.382 e. The molecule has 0 spiro atoms. The highest BCUT2D eigenvalue weighted by Crippen LogP contribution is 2.06. The summed E-state index contributed by atoms with van der Waals surface area (Å²) in [5.74, 6) is 0.597. The van der Waals surface area contributed by atoms with Crippen LogP contribution in [0.3, 0.4) is 0 Å². The Labute approximate surface area is 92.1 Å². The van der Waals surface area contributed by atoms with Crippen molar-refractivity contribution in [3.63, 3.8) is 0 Å². The highest BCUT2D eigenvalue weighted by molar-refractivity contribution is 5.23. The number of hydrogen-bond acceptors (Lipinski definition) is 3. The van der Waals surface area contributed by atoms with E-state index in [2.05, 4.69) is 30.9 Å². The lowest BCUT2D eigenvalue weighted by Crippen LogP contribution is -2.33. The van der Waals surface area contributed by atoms with E-state index >= 15 is 0 Å². The first-order valence-electron chi connectivity index (χ1n) is 5.66. The van der Waals surface area contributed by atoms with Crippen molar-refractivity contribution in [2.75, 3.05) is 19.3 Å². The van der Waals surface area contributed by atoms with E-state index in [9.17, 15) is 0 Å². The fourth-order valence-electron chi connectivity index (χ4n) is 1.86. The molecule has 4 nitrogen and oxygen atoms in total. The standard InChI is InChI=1S/C11H22N4/c1-4-10(5-2)14(3)8-9-15-7-6-11(12)13-15/h6-7,10H,4-5,8-9H2,1-3H3,(H2,12,13). The molecule has 0 aliphatic heterocycles. The van der Waals surface area contributed by atoms with Crippen molar-refractivity contribution in [3.05, 3.63) is 12.3 Å². The van der Waals surface area contributed by atoms with Gasteiger partial charge in [-0.1, -0.05) is 13.8 Å². The van der Waals surface area contributed by atoms with Crippen LogP contribution in [-0.4, -0.2) is 34.3 Å². The molecule has 2 N–H and O–H groups in total. The molecule has 1 aromatic heterocycles. The molecule has 1 aromatic rings. The van der Waals surface area contributed by atoms with Crippen molar-refractivity contribution in [2.45, 2.75) is 39.3 Å². The highest BCUT2D eigenvalue weighted by atomic mass is 15.3. The van der Waals surface area contributed by atoms with E-state index in [0.29, 0.717) is 11.9 Å². The summed E-state index contributed by atoms with van der Waals surface area (Å²) in [4.78, 5) is 2.39. The fraction of sp³-hybridized carbons (Fsp3) is 0.727. The Balaban J connectivity index is 2.36. The van der Waals surface area contributed by atoms with Gasteiger partial charge in [-0.05, 0) is 26.0 Å². The Bertz CT molecular complexity index is 278. The summed E-state index contributed by atoms with van der Waals surface area (Å²) in [6.45, 7) is 6.39. The summed E-state index contributed by atoms with van der Waals surface area (Å²) in [6.07, 6.45) is 4.33. The molecule has 15 heavy (non-hydrogen) atoms. The first kappa shape index (κ1) is 12.0. The van der Waals surface area contributed by atoms with Crippen LogP contribution in [0.5, 0.6) is 0 Å². The number of hydrogen-bond donors (Lipinski definition) is 1. The van der Waals surface area contributed by atoms with E-state index in [1.807, 2.05) is 16.9 Å². The lowest BCUT2D eigenvalue weighted by molar-refractivity contribution is 0.219. The van der Waals surface area contributed by atoms with Gasteiger partial charge in [0, 0.05) is 18.8 Å². The summed E-state index contributed by atoms with van der Waals surface area (Å²) >= 11 is 0. The quantitative estimate of drug-likeness (QED) is 0.775. The summed E-state index contributed by atoms with van der Waals surface area (Å²) in [5, 5.41) is 4.16. The molecule has 0 radical (unpaired) electrons. The smallest absolute Gasteiger partial charge is 0.145 e. The Kier molecular flexibility index (Phi) is 4.62. The minimum absolute atomic E-state index is 0.597. The van der Waals surface area contributed by atoms with E-state index in [0.717, 1.165) is 13.1 Å². The summed E-state index contributed by atoms with van der Waals surface area (Å²) in [6, 6.07) is 2.51. The van der Waals surface area contributed by atoms with Gasteiger partial charge in [0.05, 0.1) is 6.54 Å². The molecule has 0 aliphatic carbocycles. The molecule has 1 rings (SSSR count). The van der Waals surface area contributed by atoms with Crippen LogP contribution in [0.4, 0.5) is 5.82 Å². The second-order valence-electron chi connectivity index (χ2n) is 3.95. The Morgan fingerprint density at radius 2 is 2.13 bits per heavy atom. The van der Waals surface area contributed by atoms with Crippen LogP contribution in [0, 0.1) is 0 Å². The van der Waals surface area contributed by atoms with Crippen molar-refractivity contribution in [2.24, 2.45) is 0 Å². The Morgan fingerprint density at radius 3 is 2.60 bits per heavy atom. The van der Waals surface area contributed by atoms with Gasteiger partial charge in [-0.2, -0.15) is 5.10 Å². The van der Waals surface area contributed by atoms with E-state index in [1.165, 1.54) is 12.8 Å². The average molecular weight is 210 g/mol. The third kappa shape index (κ3) is 3.55. The zero-order valence-electron chi connectivity index (χ0n) is 9.98. The zero-order valence-corrected chi connectivity index (χ0v) is 9.98. The molecule has 0 unspecified atom stereocenters. The summed E-state index contributed by atoms with van der Waals surface area (Å²) < 4.78 is 1.90. The van der Waals surface area contributed by atoms with Crippen molar-refractivity contribution in [1.29, 1.82) is 0 Å². The first-order chi connectivity index (χ1) is 7.17. The van der Waals surface area contributed by atoms with E-state index < -0.39 is 0 Å². The minimum Gasteiger partial charge on any atom is -0.382 e. The van der Waals surface area contributed by atoms with Crippen LogP contribution in [0.25, 0.3) is 0 Å². The molecule has 0 atom stereocenters. The minimum atomic E-state index is 0.597. The first-order valence-corrected chi connectivity index (χ1v) is 5.66. The molecule has 0 saturated carbocycles. The average Bonchev–Trinajstić information content (AvgIpc) is 2.63. The Hall–Kier alpha value is -1.03. The van der Waals surface area contributed by atoms with Gasteiger partial charge < -0.3 is 10.6 Å². The topological polar surface area (TPSA) is 47.1 Å². The number of nitrogens with two attached hydrogens (primary N) is 1. The maximum absolute atomic E-state index is 5.55. The van der Waals surface area contributed by atoms with E-state index in [-0.39, 0.29) is 0 Å². The molecule has 0 aliphatic rings. The van der Waals surface area contributed by atoms with Crippen LogP contribution in [0.2, 0.25) is 0 Å². The van der Waals surface area contributed by atoms with Gasteiger partial charge >= 0.3 is 0 Å². The molecule has 86 valence electrons. The number of nitrogen functional groups attached to an aromatic ring is 1. The van der Waals surface area contributed by atoms with Crippen molar-refractivity contribution in [3.8, 4) is 0 Å². The second-order valence-corrected chi connectivity index (χ2v) is 3.95. The SMILES string of the molecule is CCC(CC)N(C)CCn1ccc(N)n1. The molecule has 0 aromatic carbocycles. The molecule has 0 saturated heterocycles. The lowest BCUT2D eigenvalue weighted by Gasteiger charge is -2.25. The highest BCUT2D eigenvalue weighted by Gasteiger charge is 2.09. The normalized spacial score (nSPS) is 11.5. The zero-order chi connectivity index (χ0) is 11.3. The molecule has 0 fully saturated rings. The number of anilines is 1. The van der Waals surface area contributed by atoms with Gasteiger partial charge in [-0.15, -0.1) is 0 Å². The van der Waals surface area contributed by atoms with Gasteiger partial charge in [-0.25, -0.2) is 0 Å². The molecule has 0 bridgehead atoms. The molecule has 0 amide bonds. The van der Waals surface area contributed by atoms with E-state index in [4.69, 9.17) is 5.73 Å². The number of likely N-dealkylation sites (N-methyl/N-ethyl adjacent to an activating group) is 1. The van der Waals surface area contributed by atoms with Gasteiger partial charge in [0.15, 0.2) is 0 Å². The van der Waals surface area contributed by atoms with Gasteiger partial charge in [0.25, 0.3) is 0 Å². The second kappa shape index (κ2) is 5.75. The summed E-state index contributed by atoms with van der Waals surface area (Å²) in [7, 11) is 2.17. The van der Waals surface area contributed by atoms with Crippen molar-refractivity contribution >= 4 is 5.82 Å². The van der Waals surface area contributed by atoms with Crippen LogP contribution < -0.4 is 5.73 Å². The maximum Gasteiger partial charge on any atom is 0.145 e. The van der Waals surface area contributed by atoms with Crippen LogP contribution in [0.1, 0.15) is 26.7 Å². The number of aromatic nitrogens is 2. The maximum atomic E-state index is 5.55. The fourth-order valence-corrected chi connectivity index (χ4v) is 1.86. The van der Waals surface area contributed by atoms with Crippen molar-refractivity contribution in [1.82, 2.24) is 14.7 Å². The van der Waals surface area contributed by atoms with Crippen LogP contribution in [0.15, 0.2) is 12.3 Å². The molecule has 4 heteroatoms. The molecular formula is C11H22N4. The summed E-state index contributed by atoms with van der Waals surface area (Å²) in [5.41, 5.74) is 5.55.